The topological polar surface area (TPSA) is 42.4 Å². The van der Waals surface area contributed by atoms with Gasteiger partial charge in [-0.2, -0.15) is 0 Å². The Labute approximate surface area is 94.3 Å². The maximum atomic E-state index is 8.89. The highest BCUT2D eigenvalue weighted by molar-refractivity contribution is 5.27. The van der Waals surface area contributed by atoms with Crippen LogP contribution in [0.1, 0.15) is 11.1 Å². The molecular formula is C13H13NO2. The maximum Gasteiger partial charge on any atom is 0.119 e. The van der Waals surface area contributed by atoms with E-state index in [0.29, 0.717) is 6.61 Å². The van der Waals surface area contributed by atoms with Crippen LogP contribution in [0.5, 0.6) is 5.75 Å². The van der Waals surface area contributed by atoms with E-state index < -0.39 is 0 Å². The molecule has 0 saturated carbocycles. The average molecular weight is 215 g/mol. The lowest BCUT2D eigenvalue weighted by atomic mass is 10.2. The third kappa shape index (κ3) is 2.81. The standard InChI is InChI=1S/C13H13NO2/c15-9-11-3-5-13(6-4-11)16-10-12-2-1-7-14-8-12/h1-8,15H,9-10H2. The van der Waals surface area contributed by atoms with Crippen molar-refractivity contribution in [3.05, 3.63) is 59.9 Å². The molecule has 0 aliphatic rings. The van der Waals surface area contributed by atoms with Crippen LogP contribution in [0.2, 0.25) is 0 Å². The summed E-state index contributed by atoms with van der Waals surface area (Å²) in [4.78, 5) is 4.01. The molecule has 0 amide bonds. The van der Waals surface area contributed by atoms with E-state index in [1.165, 1.54) is 0 Å². The van der Waals surface area contributed by atoms with Gasteiger partial charge in [-0.25, -0.2) is 0 Å². The number of rotatable bonds is 4. The molecule has 1 N–H and O–H groups in total. The Bertz CT molecular complexity index is 425. The number of aliphatic hydroxyl groups is 1. The number of ether oxygens (including phenoxy) is 1. The zero-order valence-electron chi connectivity index (χ0n) is 8.84. The second kappa shape index (κ2) is 5.28. The molecule has 1 aromatic heterocycles. The van der Waals surface area contributed by atoms with E-state index in [4.69, 9.17) is 9.84 Å². The van der Waals surface area contributed by atoms with E-state index in [0.717, 1.165) is 16.9 Å². The van der Waals surface area contributed by atoms with Crippen LogP contribution in [0.15, 0.2) is 48.8 Å². The summed E-state index contributed by atoms with van der Waals surface area (Å²) in [5, 5.41) is 8.89. The quantitative estimate of drug-likeness (QED) is 0.849. The van der Waals surface area contributed by atoms with Crippen molar-refractivity contribution in [3.63, 3.8) is 0 Å². The van der Waals surface area contributed by atoms with Crippen molar-refractivity contribution in [2.45, 2.75) is 13.2 Å². The van der Waals surface area contributed by atoms with Crippen LogP contribution in [-0.4, -0.2) is 10.1 Å². The SMILES string of the molecule is OCc1ccc(OCc2cccnc2)cc1. The van der Waals surface area contributed by atoms with Gasteiger partial charge in [-0.15, -0.1) is 0 Å². The Kier molecular flexibility index (Phi) is 3.51. The van der Waals surface area contributed by atoms with Gasteiger partial charge < -0.3 is 9.84 Å². The molecule has 0 aliphatic carbocycles. The van der Waals surface area contributed by atoms with Crippen LogP contribution in [0, 0.1) is 0 Å². The van der Waals surface area contributed by atoms with Crippen LogP contribution >= 0.6 is 0 Å². The van der Waals surface area contributed by atoms with Crippen molar-refractivity contribution in [3.8, 4) is 5.75 Å². The Morgan fingerprint density at radius 1 is 1.06 bits per heavy atom. The molecule has 0 bridgehead atoms. The van der Waals surface area contributed by atoms with E-state index in [1.54, 1.807) is 12.4 Å². The first-order valence-corrected chi connectivity index (χ1v) is 5.10. The van der Waals surface area contributed by atoms with Gasteiger partial charge in [0.25, 0.3) is 0 Å². The molecular weight excluding hydrogens is 202 g/mol. The lowest BCUT2D eigenvalue weighted by Gasteiger charge is -2.06. The number of nitrogens with zero attached hydrogens (tertiary/aromatic N) is 1. The molecule has 1 heterocycles. The van der Waals surface area contributed by atoms with Crippen LogP contribution < -0.4 is 4.74 Å². The van der Waals surface area contributed by atoms with Gasteiger partial charge in [0.2, 0.25) is 0 Å². The molecule has 2 aromatic rings. The molecule has 3 nitrogen and oxygen atoms in total. The largest absolute Gasteiger partial charge is 0.489 e. The molecule has 0 atom stereocenters. The molecule has 0 spiro atoms. The van der Waals surface area contributed by atoms with Crippen molar-refractivity contribution in [2.24, 2.45) is 0 Å². The molecule has 1 aromatic carbocycles. The number of hydrogen-bond donors (Lipinski definition) is 1. The maximum absolute atomic E-state index is 8.89. The molecule has 16 heavy (non-hydrogen) atoms. The number of benzene rings is 1. The number of hydrogen-bond acceptors (Lipinski definition) is 3. The van der Waals surface area contributed by atoms with Gasteiger partial charge in [0.15, 0.2) is 0 Å². The predicted molar refractivity (Wildman–Crippen MR) is 60.9 cm³/mol. The van der Waals surface area contributed by atoms with Crippen molar-refractivity contribution in [1.29, 1.82) is 0 Å². The molecule has 0 saturated heterocycles. The highest BCUT2D eigenvalue weighted by Crippen LogP contribution is 2.13. The molecule has 82 valence electrons. The van der Waals surface area contributed by atoms with Crippen LogP contribution in [0.3, 0.4) is 0 Å². The van der Waals surface area contributed by atoms with Crippen molar-refractivity contribution >= 4 is 0 Å². The normalized spacial score (nSPS) is 10.1. The first kappa shape index (κ1) is 10.6. The zero-order valence-corrected chi connectivity index (χ0v) is 8.84. The van der Waals surface area contributed by atoms with Crippen LogP contribution in [-0.2, 0) is 13.2 Å². The minimum atomic E-state index is 0.0584. The molecule has 3 heteroatoms. The Balaban J connectivity index is 1.94. The minimum absolute atomic E-state index is 0.0584. The molecule has 0 radical (unpaired) electrons. The van der Waals surface area contributed by atoms with E-state index >= 15 is 0 Å². The van der Waals surface area contributed by atoms with Crippen molar-refractivity contribution < 1.29 is 9.84 Å². The summed E-state index contributed by atoms with van der Waals surface area (Å²) >= 11 is 0. The fourth-order valence-electron chi connectivity index (χ4n) is 1.34. The van der Waals surface area contributed by atoms with Gasteiger partial charge in [-0.1, -0.05) is 18.2 Å². The molecule has 2 rings (SSSR count). The summed E-state index contributed by atoms with van der Waals surface area (Å²) in [6.07, 6.45) is 3.52. The Hall–Kier alpha value is -1.87. The number of pyridine rings is 1. The summed E-state index contributed by atoms with van der Waals surface area (Å²) in [6, 6.07) is 11.2. The highest BCUT2D eigenvalue weighted by atomic mass is 16.5. The van der Waals surface area contributed by atoms with Gasteiger partial charge in [0.1, 0.15) is 12.4 Å². The molecule has 0 fully saturated rings. The fraction of sp³-hybridized carbons (Fsp3) is 0.154. The summed E-state index contributed by atoms with van der Waals surface area (Å²) in [5.41, 5.74) is 1.92. The zero-order chi connectivity index (χ0) is 11.2. The summed E-state index contributed by atoms with van der Waals surface area (Å²) in [5.74, 6) is 0.793. The highest BCUT2D eigenvalue weighted by Gasteiger charge is 1.96. The van der Waals surface area contributed by atoms with Gasteiger partial charge in [0.05, 0.1) is 6.61 Å². The van der Waals surface area contributed by atoms with Crippen LogP contribution in [0.4, 0.5) is 0 Å². The van der Waals surface area contributed by atoms with Crippen molar-refractivity contribution in [2.75, 3.05) is 0 Å². The lowest BCUT2D eigenvalue weighted by Crippen LogP contribution is -1.95. The predicted octanol–water partition coefficient (Wildman–Crippen LogP) is 2.15. The van der Waals surface area contributed by atoms with E-state index in [2.05, 4.69) is 4.98 Å². The van der Waals surface area contributed by atoms with E-state index in [1.807, 2.05) is 36.4 Å². The summed E-state index contributed by atoms with van der Waals surface area (Å²) < 4.78 is 5.57. The number of aliphatic hydroxyl groups excluding tert-OH is 1. The first-order chi connectivity index (χ1) is 7.88. The Morgan fingerprint density at radius 2 is 1.88 bits per heavy atom. The van der Waals surface area contributed by atoms with Gasteiger partial charge >= 0.3 is 0 Å². The summed E-state index contributed by atoms with van der Waals surface area (Å²) in [6.45, 7) is 0.565. The molecule has 0 aliphatic heterocycles. The number of aromatic nitrogens is 1. The lowest BCUT2D eigenvalue weighted by molar-refractivity contribution is 0.280. The second-order valence-electron chi connectivity index (χ2n) is 3.45. The monoisotopic (exact) mass is 215 g/mol. The third-order valence-corrected chi connectivity index (χ3v) is 2.23. The van der Waals surface area contributed by atoms with E-state index in [9.17, 15) is 0 Å². The summed E-state index contributed by atoms with van der Waals surface area (Å²) in [7, 11) is 0. The fourth-order valence-corrected chi connectivity index (χ4v) is 1.34. The third-order valence-electron chi connectivity index (χ3n) is 2.23. The van der Waals surface area contributed by atoms with Gasteiger partial charge in [0, 0.05) is 18.0 Å². The average Bonchev–Trinajstić information content (AvgIpc) is 2.38. The first-order valence-electron chi connectivity index (χ1n) is 5.10. The smallest absolute Gasteiger partial charge is 0.119 e. The minimum Gasteiger partial charge on any atom is -0.489 e. The molecule has 0 unspecified atom stereocenters. The van der Waals surface area contributed by atoms with Gasteiger partial charge in [-0.3, -0.25) is 4.98 Å². The van der Waals surface area contributed by atoms with Gasteiger partial charge in [-0.05, 0) is 23.8 Å². The van der Waals surface area contributed by atoms with Crippen molar-refractivity contribution in [1.82, 2.24) is 4.98 Å². The van der Waals surface area contributed by atoms with Crippen LogP contribution in [0.25, 0.3) is 0 Å². The second-order valence-corrected chi connectivity index (χ2v) is 3.45. The van der Waals surface area contributed by atoms with E-state index in [-0.39, 0.29) is 6.61 Å². The Morgan fingerprint density at radius 3 is 2.50 bits per heavy atom.